The van der Waals surface area contributed by atoms with Crippen LogP contribution in [0.3, 0.4) is 0 Å². The van der Waals surface area contributed by atoms with Gasteiger partial charge in [0.2, 0.25) is 0 Å². The second-order valence-corrected chi connectivity index (χ2v) is 10.8. The average Bonchev–Trinajstić information content (AvgIpc) is 3.73. The van der Waals surface area contributed by atoms with Crippen LogP contribution in [-0.2, 0) is 0 Å². The van der Waals surface area contributed by atoms with Gasteiger partial charge in [-0.25, -0.2) is 0 Å². The van der Waals surface area contributed by atoms with Crippen molar-refractivity contribution in [2.24, 2.45) is 0 Å². The highest BCUT2D eigenvalue weighted by molar-refractivity contribution is 6.26. The molecule has 0 fully saturated rings. The Morgan fingerprint density at radius 3 is 1.81 bits per heavy atom. The normalized spacial score (nSPS) is 18.1. The average molecular weight is 618 g/mol. The van der Waals surface area contributed by atoms with E-state index < -0.39 is 203 Å². The largest absolute Gasteiger partial charge is 0.456 e. The van der Waals surface area contributed by atoms with E-state index in [1.54, 1.807) is 30.3 Å². The molecule has 47 heavy (non-hydrogen) atoms. The van der Waals surface area contributed by atoms with Crippen molar-refractivity contribution in [3.05, 3.63) is 169 Å². The van der Waals surface area contributed by atoms with Crippen molar-refractivity contribution in [3.8, 4) is 33.4 Å². The zero-order valence-electron chi connectivity index (χ0n) is 44.9. The number of hydrogen-bond donors (Lipinski definition) is 0. The van der Waals surface area contributed by atoms with Crippen LogP contribution in [0.1, 0.15) is 28.8 Å². The molecule has 0 bridgehead atoms. The van der Waals surface area contributed by atoms with Gasteiger partial charge in [-0.2, -0.15) is 0 Å². The molecule has 0 aliphatic rings. The minimum absolute atomic E-state index is 0.178. The highest BCUT2D eigenvalue weighted by atomic mass is 16.3. The van der Waals surface area contributed by atoms with Crippen molar-refractivity contribution in [3.63, 3.8) is 0 Å². The molecule has 0 amide bonds. The summed E-state index contributed by atoms with van der Waals surface area (Å²) in [5.74, 6) is 0. The third-order valence-electron chi connectivity index (χ3n) is 8.24. The van der Waals surface area contributed by atoms with Gasteiger partial charge in [-0.3, -0.25) is 0 Å². The summed E-state index contributed by atoms with van der Waals surface area (Å²) < 4.78 is 197. The number of hydrogen-bond acceptors (Lipinski definition) is 1. The molecule has 0 aliphatic carbocycles. The van der Waals surface area contributed by atoms with E-state index in [2.05, 4.69) is 0 Å². The fourth-order valence-electron chi connectivity index (χ4n) is 6.19. The maximum atomic E-state index is 9.76. The molecule has 1 heteroatoms. The number of fused-ring (bicyclic) bond motifs is 7. The van der Waals surface area contributed by atoms with E-state index in [0.717, 1.165) is 5.39 Å². The predicted octanol–water partition coefficient (Wildman–Crippen LogP) is 13.2. The van der Waals surface area contributed by atoms with Gasteiger partial charge in [-0.15, -0.1) is 0 Å². The lowest BCUT2D eigenvalue weighted by Gasteiger charge is -2.18. The van der Waals surface area contributed by atoms with Crippen LogP contribution in [0.15, 0.2) is 174 Å². The van der Waals surface area contributed by atoms with Crippen LogP contribution >= 0.6 is 0 Å². The quantitative estimate of drug-likeness (QED) is 0.180. The van der Waals surface area contributed by atoms with Gasteiger partial charge in [-0.05, 0) is 107 Å². The Labute approximate surface area is 301 Å². The summed E-state index contributed by atoms with van der Waals surface area (Å²) in [7, 11) is 0. The van der Waals surface area contributed by atoms with E-state index >= 15 is 0 Å². The van der Waals surface area contributed by atoms with E-state index in [9.17, 15) is 12.3 Å². The van der Waals surface area contributed by atoms with Gasteiger partial charge in [0.15, 0.2) is 0 Å². The van der Waals surface area contributed by atoms with Crippen molar-refractivity contribution in [1.82, 2.24) is 0 Å². The van der Waals surface area contributed by atoms with Crippen LogP contribution in [0.25, 0.3) is 98.4 Å². The highest BCUT2D eigenvalue weighted by Gasteiger charge is 2.20. The summed E-state index contributed by atoms with van der Waals surface area (Å²) in [4.78, 5) is 0. The molecule has 10 rings (SSSR count). The fourth-order valence-corrected chi connectivity index (χ4v) is 6.19. The highest BCUT2D eigenvalue weighted by Crippen LogP contribution is 2.47. The van der Waals surface area contributed by atoms with Gasteiger partial charge >= 0.3 is 0 Å². The Morgan fingerprint density at radius 2 is 1.04 bits per heavy atom. The summed E-state index contributed by atoms with van der Waals surface area (Å²) >= 11 is 0. The van der Waals surface area contributed by atoms with E-state index in [0.29, 0.717) is 5.39 Å². The Morgan fingerprint density at radius 1 is 0.404 bits per heavy atom. The molecular weight excluding hydrogens is 569 g/mol. The van der Waals surface area contributed by atoms with Gasteiger partial charge in [0, 0.05) is 10.8 Å². The molecule has 0 aliphatic heterocycles. The minimum atomic E-state index is -0.883. The Kier molecular flexibility index (Phi) is 2.79. The van der Waals surface area contributed by atoms with Crippen molar-refractivity contribution in [1.29, 1.82) is 0 Å². The van der Waals surface area contributed by atoms with Crippen LogP contribution in [0.2, 0.25) is 0 Å². The molecule has 0 radical (unpaired) electrons. The van der Waals surface area contributed by atoms with E-state index in [4.69, 9.17) is 20.9 Å². The van der Waals surface area contributed by atoms with Gasteiger partial charge in [0.1, 0.15) is 11.2 Å². The van der Waals surface area contributed by atoms with Gasteiger partial charge in [0.05, 0.1) is 28.8 Å². The molecule has 9 aromatic carbocycles. The number of benzene rings is 9. The fraction of sp³-hybridized carbons (Fsp3) is 0. The molecule has 0 saturated carbocycles. The number of rotatable bonds is 3. The van der Waals surface area contributed by atoms with Crippen molar-refractivity contribution < 1.29 is 33.2 Å². The summed E-state index contributed by atoms with van der Waals surface area (Å²) in [6, 6.07) is -4.13. The summed E-state index contributed by atoms with van der Waals surface area (Å²) in [6.45, 7) is 0. The lowest BCUT2D eigenvalue weighted by atomic mass is 9.84. The van der Waals surface area contributed by atoms with Crippen LogP contribution in [0, 0.1) is 0 Å². The Hall–Kier alpha value is -6.18. The first-order valence-electron chi connectivity index (χ1n) is 25.0. The van der Waals surface area contributed by atoms with Crippen molar-refractivity contribution >= 4 is 65.0 Å². The molecule has 10 aromatic rings. The topological polar surface area (TPSA) is 13.1 Å². The second-order valence-electron chi connectivity index (χ2n) is 10.8. The molecular formula is C46H28O. The van der Waals surface area contributed by atoms with Gasteiger partial charge in [0.25, 0.3) is 0 Å². The summed E-state index contributed by atoms with van der Waals surface area (Å²) in [5.41, 5.74) is -3.18. The van der Waals surface area contributed by atoms with E-state index in [1.165, 1.54) is 0 Å². The minimum Gasteiger partial charge on any atom is -0.456 e. The van der Waals surface area contributed by atoms with Crippen LogP contribution in [0.5, 0.6) is 0 Å². The molecule has 0 atom stereocenters. The smallest absolute Gasteiger partial charge is 0.136 e. The zero-order chi connectivity index (χ0) is 49.2. The van der Waals surface area contributed by atoms with Crippen LogP contribution < -0.4 is 0 Å². The number of furan rings is 1. The maximum absolute atomic E-state index is 9.76. The molecule has 1 nitrogen and oxygen atoms in total. The lowest BCUT2D eigenvalue weighted by molar-refractivity contribution is 0.669. The molecule has 1 heterocycles. The van der Waals surface area contributed by atoms with E-state index in [-0.39, 0.29) is 11.1 Å². The van der Waals surface area contributed by atoms with Crippen LogP contribution in [0.4, 0.5) is 0 Å². The van der Waals surface area contributed by atoms with Crippen molar-refractivity contribution in [2.75, 3.05) is 0 Å². The lowest BCUT2D eigenvalue weighted by Crippen LogP contribution is -1.91. The third-order valence-corrected chi connectivity index (χ3v) is 8.24. The third kappa shape index (κ3) is 4.03. The first-order chi connectivity index (χ1) is 32.1. The van der Waals surface area contributed by atoms with Crippen molar-refractivity contribution in [2.45, 2.75) is 0 Å². The molecule has 1 aromatic heterocycles. The molecule has 0 unspecified atom stereocenters. The SMILES string of the molecule is [2H]c1c([2H])c(-c2ccc3ccccc3c2)c([2H])c(-c2c3c([2H])c([2H])c([2H])c([2H])c3c(-c3c([2H])c([2H])c([2H])c4oc5c([2H])c6c([2H])c([2H])c([2H])c([2H])c6c([2H])c5c34)c3c([2H])c([2H])c([2H])c([2H])c23)c1[2H]. The molecule has 0 saturated heterocycles. The molecule has 0 N–H and O–H groups in total. The Bertz CT molecular complexity index is 3960. The summed E-state index contributed by atoms with van der Waals surface area (Å²) in [6.07, 6.45) is 0. The predicted molar refractivity (Wildman–Crippen MR) is 200 cm³/mol. The summed E-state index contributed by atoms with van der Waals surface area (Å²) in [5, 5.41) is -2.49. The Balaban J connectivity index is 1.52. The van der Waals surface area contributed by atoms with E-state index in [1.807, 2.05) is 12.1 Å². The standard InChI is InChI=1S/C46H28O/c1-2-12-30-25-34(24-23-29(30)11-1)31-15-9-16-35(26-31)44-36-17-5-7-19-38(36)45(39-20-8-6-18-37(39)44)40-21-10-22-42-46(40)41-27-32-13-3-4-14-33(32)28-43(41)47-42/h1-28H/i3D,4D,5D,6D,7D,8D,9D,10D,13D,14D,15D,16D,17D,18D,19D,20D,21D,22D,26D,27D,28D. The maximum Gasteiger partial charge on any atom is 0.136 e. The van der Waals surface area contributed by atoms with Crippen LogP contribution in [-0.4, -0.2) is 0 Å². The van der Waals surface area contributed by atoms with Gasteiger partial charge in [-0.1, -0.05) is 139 Å². The second kappa shape index (κ2) is 10.2. The zero-order valence-corrected chi connectivity index (χ0v) is 23.9. The monoisotopic (exact) mass is 617 g/mol. The first kappa shape index (κ1) is 12.9. The molecule has 0 spiro atoms. The first-order valence-corrected chi connectivity index (χ1v) is 14.5. The molecule has 218 valence electrons. The van der Waals surface area contributed by atoms with Gasteiger partial charge < -0.3 is 4.42 Å².